The molecule has 1 heterocycles. The molecule has 1 aliphatic heterocycles. The van der Waals surface area contributed by atoms with Crippen LogP contribution in [0, 0.1) is 0 Å². The van der Waals surface area contributed by atoms with Gasteiger partial charge in [0.25, 0.3) is 0 Å². The predicted molar refractivity (Wildman–Crippen MR) is 82.1 cm³/mol. The van der Waals surface area contributed by atoms with Gasteiger partial charge in [-0.1, -0.05) is 26.1 Å². The Bertz CT molecular complexity index is 259. The van der Waals surface area contributed by atoms with E-state index in [9.17, 15) is 0 Å². The molecule has 0 N–H and O–H groups in total. The average Bonchev–Trinajstić information content (AvgIpc) is 2.68. The number of hydrogen-bond acceptors (Lipinski definition) is 3. The molecule has 1 atom stereocenters. The van der Waals surface area contributed by atoms with Crippen LogP contribution in [0.15, 0.2) is 0 Å². The zero-order valence-electron chi connectivity index (χ0n) is 12.2. The molecule has 0 aromatic heterocycles. The first-order valence-corrected chi connectivity index (χ1v) is 12.2. The summed E-state index contributed by atoms with van der Waals surface area (Å²) in [5, 5.41) is 0. The van der Waals surface area contributed by atoms with Crippen LogP contribution in [-0.4, -0.2) is 38.1 Å². The second kappa shape index (κ2) is 6.29. The van der Waals surface area contributed by atoms with E-state index in [-0.39, 0.29) is 5.79 Å². The van der Waals surface area contributed by atoms with E-state index >= 15 is 0 Å². The molecule has 106 valence electrons. The fourth-order valence-electron chi connectivity index (χ4n) is 2.64. The van der Waals surface area contributed by atoms with Gasteiger partial charge in [-0.15, -0.1) is 0 Å². The lowest BCUT2D eigenvalue weighted by Crippen LogP contribution is -2.33. The molecule has 4 heteroatoms. The first kappa shape index (κ1) is 14.9. The van der Waals surface area contributed by atoms with E-state index in [4.69, 9.17) is 9.47 Å². The second-order valence-electron chi connectivity index (χ2n) is 6.91. The summed E-state index contributed by atoms with van der Waals surface area (Å²) in [5.41, 5.74) is 0. The van der Waals surface area contributed by atoms with E-state index < -0.39 is 8.07 Å². The van der Waals surface area contributed by atoms with Gasteiger partial charge < -0.3 is 9.47 Å². The van der Waals surface area contributed by atoms with Crippen molar-refractivity contribution in [1.29, 1.82) is 0 Å². The molecular weight excluding hydrogens is 260 g/mol. The van der Waals surface area contributed by atoms with Crippen molar-refractivity contribution in [3.8, 4) is 0 Å². The van der Waals surface area contributed by atoms with Crippen LogP contribution in [0.4, 0.5) is 0 Å². The van der Waals surface area contributed by atoms with Gasteiger partial charge in [0, 0.05) is 26.7 Å². The number of thioether (sulfide) groups is 1. The molecular formula is C14H28O2SSi. The summed E-state index contributed by atoms with van der Waals surface area (Å²) in [5.74, 6) is 2.23. The molecule has 0 radical (unpaired) electrons. The van der Waals surface area contributed by atoms with Crippen molar-refractivity contribution in [1.82, 2.24) is 0 Å². The molecule has 0 aromatic rings. The van der Waals surface area contributed by atoms with E-state index in [1.165, 1.54) is 31.1 Å². The fraction of sp³-hybridized carbons (Fsp3) is 1.00. The van der Waals surface area contributed by atoms with E-state index in [1.807, 2.05) is 0 Å². The minimum absolute atomic E-state index is 0.178. The molecule has 0 amide bonds. The largest absolute Gasteiger partial charge is 0.347 e. The van der Waals surface area contributed by atoms with Crippen molar-refractivity contribution in [2.75, 3.05) is 18.1 Å². The van der Waals surface area contributed by atoms with Crippen molar-refractivity contribution >= 4 is 19.8 Å². The second-order valence-corrected chi connectivity index (χ2v) is 13.7. The van der Waals surface area contributed by atoms with Gasteiger partial charge in [0.15, 0.2) is 5.79 Å². The van der Waals surface area contributed by atoms with Crippen LogP contribution in [0.1, 0.15) is 32.1 Å². The molecule has 0 aromatic carbocycles. The molecule has 1 spiro atoms. The highest BCUT2D eigenvalue weighted by atomic mass is 32.2. The molecule has 2 nitrogen and oxygen atoms in total. The van der Waals surface area contributed by atoms with Gasteiger partial charge in [-0.2, -0.15) is 11.8 Å². The zero-order chi connectivity index (χ0) is 13.1. The van der Waals surface area contributed by atoms with E-state index in [0.717, 1.165) is 25.2 Å². The summed E-state index contributed by atoms with van der Waals surface area (Å²) >= 11 is 2.05. The van der Waals surface area contributed by atoms with Crippen LogP contribution >= 0.6 is 11.8 Å². The summed E-state index contributed by atoms with van der Waals surface area (Å²) in [6, 6.07) is 1.41. The lowest BCUT2D eigenvalue weighted by molar-refractivity contribution is -0.184. The highest BCUT2D eigenvalue weighted by Crippen LogP contribution is 2.38. The minimum Gasteiger partial charge on any atom is -0.347 e. The topological polar surface area (TPSA) is 18.5 Å². The number of rotatable bonds is 5. The van der Waals surface area contributed by atoms with Crippen LogP contribution in [0.25, 0.3) is 0 Å². The smallest absolute Gasteiger partial charge is 0.168 e. The maximum Gasteiger partial charge on any atom is 0.168 e. The van der Waals surface area contributed by atoms with Crippen LogP contribution in [0.2, 0.25) is 25.7 Å². The van der Waals surface area contributed by atoms with Gasteiger partial charge in [0.1, 0.15) is 0 Å². The van der Waals surface area contributed by atoms with Crippen molar-refractivity contribution in [3.05, 3.63) is 0 Å². The van der Waals surface area contributed by atoms with E-state index in [1.54, 1.807) is 0 Å². The molecule has 0 bridgehead atoms. The van der Waals surface area contributed by atoms with Crippen LogP contribution < -0.4 is 0 Å². The van der Waals surface area contributed by atoms with Crippen molar-refractivity contribution in [2.24, 2.45) is 0 Å². The van der Waals surface area contributed by atoms with Crippen LogP contribution in [-0.2, 0) is 9.47 Å². The Morgan fingerprint density at radius 3 is 2.56 bits per heavy atom. The van der Waals surface area contributed by atoms with Crippen molar-refractivity contribution < 1.29 is 9.47 Å². The third-order valence-corrected chi connectivity index (χ3v) is 7.04. The van der Waals surface area contributed by atoms with Gasteiger partial charge in [-0.3, -0.25) is 0 Å². The van der Waals surface area contributed by atoms with Gasteiger partial charge in [0.2, 0.25) is 0 Å². The molecule has 1 saturated heterocycles. The number of hydrogen-bond donors (Lipinski definition) is 0. The minimum atomic E-state index is -0.866. The first-order chi connectivity index (χ1) is 8.49. The Hall–Kier alpha value is 0.487. The first-order valence-electron chi connectivity index (χ1n) is 7.39. The summed E-state index contributed by atoms with van der Waals surface area (Å²) in [6.45, 7) is 8.15. The highest BCUT2D eigenvalue weighted by Gasteiger charge is 2.41. The number of ether oxygens (including phenoxy) is 2. The van der Waals surface area contributed by atoms with Crippen molar-refractivity contribution in [2.45, 2.75) is 69.7 Å². The molecule has 2 aliphatic rings. The summed E-state index contributed by atoms with van der Waals surface area (Å²) < 4.78 is 12.2. The molecule has 1 saturated carbocycles. The van der Waals surface area contributed by atoms with Gasteiger partial charge >= 0.3 is 0 Å². The standard InChI is InChI=1S/C14H28O2SSi/c1-18(2,3)10-9-17-12-13-11-15-14(16-13)7-5-4-6-8-14/h13H,4-12H2,1-3H3. The third-order valence-electron chi connectivity index (χ3n) is 3.83. The summed E-state index contributed by atoms with van der Waals surface area (Å²) in [6.07, 6.45) is 6.47. The summed E-state index contributed by atoms with van der Waals surface area (Å²) in [7, 11) is -0.866. The van der Waals surface area contributed by atoms with E-state index in [0.29, 0.717) is 6.10 Å². The van der Waals surface area contributed by atoms with Crippen LogP contribution in [0.5, 0.6) is 0 Å². The van der Waals surface area contributed by atoms with Gasteiger partial charge in [-0.25, -0.2) is 0 Å². The maximum atomic E-state index is 6.19. The molecule has 2 rings (SSSR count). The Morgan fingerprint density at radius 2 is 1.89 bits per heavy atom. The summed E-state index contributed by atoms with van der Waals surface area (Å²) in [4.78, 5) is 0. The third kappa shape index (κ3) is 4.55. The Kier molecular flexibility index (Phi) is 5.20. The van der Waals surface area contributed by atoms with Gasteiger partial charge in [0.05, 0.1) is 12.7 Å². The Morgan fingerprint density at radius 1 is 1.17 bits per heavy atom. The fourth-order valence-corrected chi connectivity index (χ4v) is 6.27. The SMILES string of the molecule is C[Si](C)(C)CCSCC1COC2(CCCCC2)O1. The van der Waals surface area contributed by atoms with Crippen LogP contribution in [0.3, 0.4) is 0 Å². The molecule has 2 fully saturated rings. The van der Waals surface area contributed by atoms with E-state index in [2.05, 4.69) is 31.4 Å². The Balaban J connectivity index is 1.64. The molecule has 18 heavy (non-hydrogen) atoms. The maximum absolute atomic E-state index is 6.19. The zero-order valence-corrected chi connectivity index (χ0v) is 14.0. The highest BCUT2D eigenvalue weighted by molar-refractivity contribution is 7.99. The predicted octanol–water partition coefficient (Wildman–Crippen LogP) is 4.13. The average molecular weight is 289 g/mol. The monoisotopic (exact) mass is 288 g/mol. The Labute approximate surface area is 117 Å². The molecule has 1 unspecified atom stereocenters. The normalized spacial score (nSPS) is 27.8. The van der Waals surface area contributed by atoms with Gasteiger partial charge in [-0.05, 0) is 24.6 Å². The lowest BCUT2D eigenvalue weighted by atomic mass is 9.94. The molecule has 1 aliphatic carbocycles. The quantitative estimate of drug-likeness (QED) is 0.560. The van der Waals surface area contributed by atoms with Crippen molar-refractivity contribution in [3.63, 3.8) is 0 Å². The lowest BCUT2D eigenvalue weighted by Gasteiger charge is -2.31.